The minimum absolute atomic E-state index is 0.0139. The molecule has 2 aromatic carbocycles. The van der Waals surface area contributed by atoms with E-state index in [1.165, 1.54) is 13.8 Å². The van der Waals surface area contributed by atoms with Crippen molar-refractivity contribution in [2.75, 3.05) is 46.3 Å². The highest BCUT2D eigenvalue weighted by atomic mass is 35.5. The topological polar surface area (TPSA) is 284 Å². The third-order valence-electron chi connectivity index (χ3n) is 13.2. The normalized spacial score (nSPS) is 17.5. The number of aliphatic hydroxyl groups is 1. The van der Waals surface area contributed by atoms with Crippen molar-refractivity contribution in [3.05, 3.63) is 96.8 Å². The number of amides is 6. The van der Waals surface area contributed by atoms with Crippen molar-refractivity contribution < 1.29 is 57.6 Å². The van der Waals surface area contributed by atoms with Gasteiger partial charge in [0.25, 0.3) is 5.56 Å². The number of halogens is 1. The Morgan fingerprint density at radius 2 is 1.62 bits per heavy atom. The van der Waals surface area contributed by atoms with Gasteiger partial charge in [0.05, 0.1) is 61.4 Å². The molecule has 2 aromatic heterocycles. The monoisotopic (exact) mass is 1030 g/mol. The van der Waals surface area contributed by atoms with Crippen molar-refractivity contribution in [2.45, 2.75) is 110 Å². The Morgan fingerprint density at radius 3 is 2.36 bits per heavy atom. The number of nitrogens with zero attached hydrogens (tertiary/aromatic N) is 2. The Morgan fingerprint density at radius 1 is 0.877 bits per heavy atom. The van der Waals surface area contributed by atoms with E-state index in [1.54, 1.807) is 54.0 Å². The molecule has 0 saturated heterocycles. The molecule has 21 nitrogen and oxygen atoms in total. The van der Waals surface area contributed by atoms with Crippen molar-refractivity contribution >= 4 is 63.9 Å². The van der Waals surface area contributed by atoms with Gasteiger partial charge in [0.1, 0.15) is 38.1 Å². The summed E-state index contributed by atoms with van der Waals surface area (Å²) < 4.78 is 22.8. The number of benzene rings is 2. The van der Waals surface area contributed by atoms with Gasteiger partial charge < -0.3 is 60.5 Å². The quantitative estimate of drug-likeness (QED) is 0.0278. The van der Waals surface area contributed by atoms with Crippen LogP contribution in [0.1, 0.15) is 91.9 Å². The maximum Gasteiger partial charge on any atom is 0.343 e. The number of fused-ring (bicyclic) bond motifs is 5. The van der Waals surface area contributed by atoms with Crippen molar-refractivity contribution in [2.24, 2.45) is 0 Å². The summed E-state index contributed by atoms with van der Waals surface area (Å²) in [7, 11) is 0. The van der Waals surface area contributed by atoms with Gasteiger partial charge >= 0.3 is 5.97 Å². The van der Waals surface area contributed by atoms with Crippen LogP contribution in [0.4, 0.5) is 0 Å². The van der Waals surface area contributed by atoms with Gasteiger partial charge in [0.15, 0.2) is 5.60 Å². The Balaban J connectivity index is 0.936. The molecular formula is C51H61ClN8O13. The highest BCUT2D eigenvalue weighted by Gasteiger charge is 2.46. The molecule has 0 bridgehead atoms. The van der Waals surface area contributed by atoms with E-state index in [-0.39, 0.29) is 56.7 Å². The third kappa shape index (κ3) is 12.2. The Hall–Kier alpha value is -6.78. The zero-order valence-corrected chi connectivity index (χ0v) is 42.1. The standard InChI is InChI=1S/C51H61ClN8O13/c1-6-51(69)34-20-39-45-32(23-60(39)49(67)33(34)24-73-50(51)68)44-36(14-13-31-27(3)35(52)21-37(58-45)43(31)44)57-42(63)25-72-26-54-46(64)28(4)56-48(66)38(19-30-11-9-8-10-12-30)59-47(65)29(5)55-41(62)22-53-40(61)15-16-71-18-17-70-7-2/h8-12,20-21,28-29,36,38,69H,6-7,13-19,22-26H2,1-5H3,(H,53,61)(H,54,64)(H,55,62)(H,56,66)(H,57,63)(H,59,65)/t28-,29-,36-,38-,51-/m0/s1. The Labute approximate surface area is 425 Å². The molecule has 6 amide bonds. The summed E-state index contributed by atoms with van der Waals surface area (Å²) >= 11 is 6.71. The van der Waals surface area contributed by atoms with E-state index in [0.29, 0.717) is 65.7 Å². The van der Waals surface area contributed by atoms with Gasteiger partial charge in [0.2, 0.25) is 35.4 Å². The number of cyclic esters (lactones) is 1. The molecule has 7 rings (SSSR count). The van der Waals surface area contributed by atoms with Crippen molar-refractivity contribution in [3.63, 3.8) is 0 Å². The van der Waals surface area contributed by atoms with Gasteiger partial charge in [-0.3, -0.25) is 33.6 Å². The van der Waals surface area contributed by atoms with Crippen LogP contribution in [0, 0.1) is 6.92 Å². The summed E-state index contributed by atoms with van der Waals surface area (Å²) in [5, 5.41) is 28.6. The lowest BCUT2D eigenvalue weighted by Gasteiger charge is -2.31. The number of nitrogens with one attached hydrogen (secondary N) is 6. The lowest BCUT2D eigenvalue weighted by molar-refractivity contribution is -0.172. The Kier molecular flexibility index (Phi) is 17.6. The van der Waals surface area contributed by atoms with Crippen LogP contribution in [0.15, 0.2) is 47.3 Å². The summed E-state index contributed by atoms with van der Waals surface area (Å²) in [6, 6.07) is 8.33. The first-order valence-electron chi connectivity index (χ1n) is 24.3. The number of carbonyl (C=O) groups is 7. The number of hydrogen-bond donors (Lipinski definition) is 7. The predicted octanol–water partition coefficient (Wildman–Crippen LogP) is 1.53. The largest absolute Gasteiger partial charge is 0.458 e. The number of pyridine rings is 2. The molecule has 0 fully saturated rings. The molecule has 0 saturated carbocycles. The maximum atomic E-state index is 14.0. The van der Waals surface area contributed by atoms with Crippen LogP contribution in [-0.2, 0) is 84.1 Å². The predicted molar refractivity (Wildman–Crippen MR) is 265 cm³/mol. The molecule has 4 heterocycles. The minimum atomic E-state index is -2.01. The lowest BCUT2D eigenvalue weighted by atomic mass is 9.81. The molecule has 22 heteroatoms. The van der Waals surface area contributed by atoms with E-state index in [2.05, 4.69) is 31.9 Å². The number of ether oxygens (including phenoxy) is 4. The molecule has 0 unspecified atom stereocenters. The van der Waals surface area contributed by atoms with E-state index in [9.17, 15) is 43.5 Å². The fourth-order valence-electron chi connectivity index (χ4n) is 9.24. The number of carbonyl (C=O) groups excluding carboxylic acids is 7. The van der Waals surface area contributed by atoms with E-state index in [4.69, 9.17) is 35.5 Å². The molecule has 73 heavy (non-hydrogen) atoms. The Bertz CT molecular complexity index is 2860. The summed E-state index contributed by atoms with van der Waals surface area (Å²) in [6.07, 6.45) is 1.10. The summed E-state index contributed by atoms with van der Waals surface area (Å²) in [6.45, 7) is 8.32. The number of aryl methyl sites for hydroxylation is 1. The maximum absolute atomic E-state index is 14.0. The molecule has 5 atom stereocenters. The van der Waals surface area contributed by atoms with Crippen LogP contribution >= 0.6 is 11.6 Å². The minimum Gasteiger partial charge on any atom is -0.458 e. The average molecular weight is 1030 g/mol. The zero-order chi connectivity index (χ0) is 52.6. The molecule has 0 spiro atoms. The van der Waals surface area contributed by atoms with Crippen LogP contribution in [0.5, 0.6) is 0 Å². The highest BCUT2D eigenvalue weighted by Crippen LogP contribution is 2.46. The molecule has 1 aliphatic carbocycles. The van der Waals surface area contributed by atoms with E-state index in [0.717, 1.165) is 22.1 Å². The number of esters is 1. The molecule has 0 radical (unpaired) electrons. The molecular weight excluding hydrogens is 968 g/mol. The second kappa shape index (κ2) is 23.8. The van der Waals surface area contributed by atoms with Crippen LogP contribution in [0.2, 0.25) is 5.02 Å². The second-order valence-corrected chi connectivity index (χ2v) is 18.5. The van der Waals surface area contributed by atoms with Crippen LogP contribution in [0.25, 0.3) is 22.3 Å². The number of rotatable bonds is 23. The lowest BCUT2D eigenvalue weighted by Crippen LogP contribution is -2.56. The third-order valence-corrected chi connectivity index (χ3v) is 13.6. The molecule has 3 aliphatic rings. The van der Waals surface area contributed by atoms with Crippen molar-refractivity contribution in [1.29, 1.82) is 0 Å². The van der Waals surface area contributed by atoms with E-state index in [1.807, 2.05) is 13.8 Å². The van der Waals surface area contributed by atoms with Gasteiger partial charge in [-0.25, -0.2) is 9.78 Å². The zero-order valence-electron chi connectivity index (χ0n) is 41.4. The van der Waals surface area contributed by atoms with E-state index >= 15 is 0 Å². The molecule has 390 valence electrons. The van der Waals surface area contributed by atoms with E-state index < -0.39 is 90.1 Å². The van der Waals surface area contributed by atoms with Crippen LogP contribution in [0.3, 0.4) is 0 Å². The molecule has 7 N–H and O–H groups in total. The molecule has 2 aliphatic heterocycles. The first-order valence-corrected chi connectivity index (χ1v) is 24.7. The van der Waals surface area contributed by atoms with Crippen LogP contribution < -0.4 is 37.5 Å². The number of aromatic nitrogens is 2. The highest BCUT2D eigenvalue weighted by molar-refractivity contribution is 6.32. The summed E-state index contributed by atoms with van der Waals surface area (Å²) in [4.78, 5) is 110. The van der Waals surface area contributed by atoms with Gasteiger partial charge in [-0.15, -0.1) is 0 Å². The van der Waals surface area contributed by atoms with Crippen molar-refractivity contribution in [1.82, 2.24) is 41.5 Å². The summed E-state index contributed by atoms with van der Waals surface area (Å²) in [5.41, 5.74) is 3.38. The first-order chi connectivity index (χ1) is 34.9. The fraction of sp³-hybridized carbons (Fsp3) is 0.471. The smallest absolute Gasteiger partial charge is 0.343 e. The fourth-order valence-corrected chi connectivity index (χ4v) is 9.46. The van der Waals surface area contributed by atoms with Gasteiger partial charge in [-0.2, -0.15) is 0 Å². The van der Waals surface area contributed by atoms with Gasteiger partial charge in [0, 0.05) is 41.0 Å². The van der Waals surface area contributed by atoms with Crippen LogP contribution in [-0.4, -0.2) is 121 Å². The molecule has 4 aromatic rings. The second-order valence-electron chi connectivity index (χ2n) is 18.1. The van der Waals surface area contributed by atoms with Crippen molar-refractivity contribution in [3.8, 4) is 11.4 Å². The van der Waals surface area contributed by atoms with Gasteiger partial charge in [-0.05, 0) is 81.3 Å². The summed E-state index contributed by atoms with van der Waals surface area (Å²) in [5.74, 6) is -4.39. The number of hydrogen-bond acceptors (Lipinski definition) is 14. The SMILES string of the molecule is CCOCCOCCC(=O)NCC(=O)N[C@@H](C)C(=O)N[C@@H](Cc1ccccc1)C(=O)N[C@@H](C)C(=O)NCOCC(=O)N[C@H]1CCc2c(C)c(Cl)cc3nc4c(c1c23)Cn1c-4cc2c(c1=O)COC(=O)[C@]2(O)CC. The van der Waals surface area contributed by atoms with Gasteiger partial charge in [-0.1, -0.05) is 48.9 Å². The average Bonchev–Trinajstić information content (AvgIpc) is 3.74. The first kappa shape index (κ1) is 54.0.